The molecule has 1 aromatic rings. The van der Waals surface area contributed by atoms with E-state index in [1.54, 1.807) is 13.4 Å². The van der Waals surface area contributed by atoms with Crippen LogP contribution in [0.4, 0.5) is 0 Å². The van der Waals surface area contributed by atoms with E-state index < -0.39 is 0 Å². The van der Waals surface area contributed by atoms with Gasteiger partial charge in [-0.2, -0.15) is 5.10 Å². The molecule has 1 unspecified atom stereocenters. The van der Waals surface area contributed by atoms with Crippen LogP contribution in [0.5, 0.6) is 0 Å². The Bertz CT molecular complexity index is 274. The summed E-state index contributed by atoms with van der Waals surface area (Å²) in [5.41, 5.74) is 0. The molecule has 0 aromatic carbocycles. The zero-order valence-electron chi connectivity index (χ0n) is 9.73. The predicted octanol–water partition coefficient (Wildman–Crippen LogP) is 0.230. The number of nitrogens with one attached hydrogen (secondary N) is 1. The fraction of sp³-hybridized carbons (Fsp3) is 0.800. The van der Waals surface area contributed by atoms with Crippen LogP contribution < -0.4 is 5.32 Å². The van der Waals surface area contributed by atoms with Crippen molar-refractivity contribution >= 4 is 0 Å². The third-order valence-electron chi connectivity index (χ3n) is 2.31. The van der Waals surface area contributed by atoms with E-state index in [0.717, 1.165) is 31.9 Å². The molecule has 5 nitrogen and oxygen atoms in total. The Morgan fingerprint density at radius 2 is 2.40 bits per heavy atom. The van der Waals surface area contributed by atoms with Gasteiger partial charge in [-0.3, -0.25) is 4.68 Å². The van der Waals surface area contributed by atoms with E-state index in [2.05, 4.69) is 22.3 Å². The van der Waals surface area contributed by atoms with Crippen LogP contribution in [0, 0.1) is 5.92 Å². The Balaban J connectivity index is 2.18. The number of hydrogen-bond donors (Lipinski definition) is 1. The Hall–Kier alpha value is -0.940. The van der Waals surface area contributed by atoms with Crippen molar-refractivity contribution in [2.75, 3.05) is 26.8 Å². The Morgan fingerprint density at radius 3 is 3.00 bits per heavy atom. The summed E-state index contributed by atoms with van der Waals surface area (Å²) in [6, 6.07) is 0. The van der Waals surface area contributed by atoms with Crippen molar-refractivity contribution in [1.82, 2.24) is 20.1 Å². The molecular formula is C10H20N4O. The van der Waals surface area contributed by atoms with E-state index in [1.807, 2.05) is 11.7 Å². The number of aromatic nitrogens is 3. The van der Waals surface area contributed by atoms with Gasteiger partial charge in [-0.1, -0.05) is 6.92 Å². The summed E-state index contributed by atoms with van der Waals surface area (Å²) in [5.74, 6) is 1.60. The highest BCUT2D eigenvalue weighted by Gasteiger charge is 2.07. The summed E-state index contributed by atoms with van der Waals surface area (Å²) < 4.78 is 6.78. The van der Waals surface area contributed by atoms with Crippen molar-refractivity contribution in [1.29, 1.82) is 0 Å². The minimum absolute atomic E-state index is 0.560. The minimum atomic E-state index is 0.560. The maximum Gasteiger partial charge on any atom is 0.138 e. The standard InChI is InChI=1S/C10H20N4O/c1-9(7-11-4-5-15-3)6-10-12-8-13-14(10)2/h8-9,11H,4-7H2,1-3H3. The molecule has 1 aromatic heterocycles. The second kappa shape index (κ2) is 6.53. The molecule has 0 aliphatic rings. The second-order valence-corrected chi connectivity index (χ2v) is 3.81. The van der Waals surface area contributed by atoms with E-state index in [4.69, 9.17) is 4.74 Å². The molecule has 1 rings (SSSR count). The second-order valence-electron chi connectivity index (χ2n) is 3.81. The van der Waals surface area contributed by atoms with Crippen LogP contribution in [0.15, 0.2) is 6.33 Å². The van der Waals surface area contributed by atoms with Crippen molar-refractivity contribution in [2.24, 2.45) is 13.0 Å². The van der Waals surface area contributed by atoms with Crippen LogP contribution in [0.25, 0.3) is 0 Å². The van der Waals surface area contributed by atoms with E-state index in [1.165, 1.54) is 0 Å². The van der Waals surface area contributed by atoms with Gasteiger partial charge in [-0.15, -0.1) is 0 Å². The van der Waals surface area contributed by atoms with Crippen molar-refractivity contribution in [3.63, 3.8) is 0 Å². The highest BCUT2D eigenvalue weighted by atomic mass is 16.5. The van der Waals surface area contributed by atoms with Crippen LogP contribution in [0.2, 0.25) is 0 Å². The Labute approximate surface area is 90.8 Å². The third-order valence-corrected chi connectivity index (χ3v) is 2.31. The van der Waals surface area contributed by atoms with Crippen LogP contribution in [0.3, 0.4) is 0 Å². The molecule has 86 valence electrons. The van der Waals surface area contributed by atoms with Crippen LogP contribution in [-0.2, 0) is 18.2 Å². The zero-order valence-corrected chi connectivity index (χ0v) is 9.73. The lowest BCUT2D eigenvalue weighted by atomic mass is 10.1. The predicted molar refractivity (Wildman–Crippen MR) is 58.6 cm³/mol. The molecule has 1 atom stereocenters. The molecule has 1 heterocycles. The molecule has 0 aliphatic carbocycles. The van der Waals surface area contributed by atoms with Gasteiger partial charge in [0.15, 0.2) is 0 Å². The average molecular weight is 212 g/mol. The molecule has 0 aliphatic heterocycles. The number of aryl methyl sites for hydroxylation is 1. The SMILES string of the molecule is COCCNCC(C)Cc1ncnn1C. The van der Waals surface area contributed by atoms with Gasteiger partial charge in [0, 0.05) is 27.1 Å². The Kier molecular flexibility index (Phi) is 5.28. The monoisotopic (exact) mass is 212 g/mol. The van der Waals surface area contributed by atoms with Gasteiger partial charge in [0.05, 0.1) is 6.61 Å². The van der Waals surface area contributed by atoms with Crippen molar-refractivity contribution in [3.05, 3.63) is 12.2 Å². The molecule has 5 heteroatoms. The first-order valence-electron chi connectivity index (χ1n) is 5.26. The molecule has 0 spiro atoms. The quantitative estimate of drug-likeness (QED) is 0.657. The lowest BCUT2D eigenvalue weighted by Crippen LogP contribution is -2.26. The lowest BCUT2D eigenvalue weighted by molar-refractivity contribution is 0.198. The summed E-state index contributed by atoms with van der Waals surface area (Å²) >= 11 is 0. The largest absolute Gasteiger partial charge is 0.383 e. The normalized spacial score (nSPS) is 13.0. The first-order chi connectivity index (χ1) is 7.24. The van der Waals surface area contributed by atoms with Gasteiger partial charge in [-0.05, 0) is 12.5 Å². The van der Waals surface area contributed by atoms with Gasteiger partial charge in [0.2, 0.25) is 0 Å². The fourth-order valence-electron chi connectivity index (χ4n) is 1.41. The van der Waals surface area contributed by atoms with Gasteiger partial charge in [-0.25, -0.2) is 4.98 Å². The number of nitrogens with zero attached hydrogens (tertiary/aromatic N) is 3. The molecule has 0 radical (unpaired) electrons. The summed E-state index contributed by atoms with van der Waals surface area (Å²) in [7, 11) is 3.64. The molecule has 0 saturated heterocycles. The number of hydrogen-bond acceptors (Lipinski definition) is 4. The lowest BCUT2D eigenvalue weighted by Gasteiger charge is -2.11. The topological polar surface area (TPSA) is 52.0 Å². The number of ether oxygens (including phenoxy) is 1. The summed E-state index contributed by atoms with van der Waals surface area (Å²) in [4.78, 5) is 4.20. The highest BCUT2D eigenvalue weighted by Crippen LogP contribution is 2.02. The van der Waals surface area contributed by atoms with Gasteiger partial charge < -0.3 is 10.1 Å². The van der Waals surface area contributed by atoms with E-state index in [9.17, 15) is 0 Å². The maximum atomic E-state index is 4.96. The molecule has 0 amide bonds. The minimum Gasteiger partial charge on any atom is -0.383 e. The molecular weight excluding hydrogens is 192 g/mol. The van der Waals surface area contributed by atoms with Crippen molar-refractivity contribution in [3.8, 4) is 0 Å². The smallest absolute Gasteiger partial charge is 0.138 e. The summed E-state index contributed by atoms with van der Waals surface area (Å²) in [6.07, 6.45) is 2.55. The first kappa shape index (κ1) is 12.1. The van der Waals surface area contributed by atoms with Crippen molar-refractivity contribution in [2.45, 2.75) is 13.3 Å². The van der Waals surface area contributed by atoms with Gasteiger partial charge in [0.1, 0.15) is 12.2 Å². The summed E-state index contributed by atoms with van der Waals surface area (Å²) in [6.45, 7) is 4.85. The number of methoxy groups -OCH3 is 1. The molecule has 1 N–H and O–H groups in total. The molecule has 0 saturated carbocycles. The van der Waals surface area contributed by atoms with E-state index >= 15 is 0 Å². The molecule has 0 fully saturated rings. The van der Waals surface area contributed by atoms with Crippen LogP contribution in [-0.4, -0.2) is 41.6 Å². The average Bonchev–Trinajstić information content (AvgIpc) is 2.59. The van der Waals surface area contributed by atoms with Crippen LogP contribution in [0.1, 0.15) is 12.7 Å². The maximum absolute atomic E-state index is 4.96. The van der Waals surface area contributed by atoms with Crippen LogP contribution >= 0.6 is 0 Å². The van der Waals surface area contributed by atoms with E-state index in [-0.39, 0.29) is 0 Å². The van der Waals surface area contributed by atoms with Gasteiger partial charge >= 0.3 is 0 Å². The highest BCUT2D eigenvalue weighted by molar-refractivity contribution is 4.85. The Morgan fingerprint density at radius 1 is 1.60 bits per heavy atom. The first-order valence-corrected chi connectivity index (χ1v) is 5.26. The fourth-order valence-corrected chi connectivity index (χ4v) is 1.41. The third kappa shape index (κ3) is 4.40. The molecule has 15 heavy (non-hydrogen) atoms. The number of rotatable bonds is 7. The molecule has 0 bridgehead atoms. The van der Waals surface area contributed by atoms with Gasteiger partial charge in [0.25, 0.3) is 0 Å². The van der Waals surface area contributed by atoms with E-state index in [0.29, 0.717) is 5.92 Å². The summed E-state index contributed by atoms with van der Waals surface area (Å²) in [5, 5.41) is 7.38. The zero-order chi connectivity index (χ0) is 11.1. The van der Waals surface area contributed by atoms with Crippen molar-refractivity contribution < 1.29 is 4.74 Å².